The lowest BCUT2D eigenvalue weighted by molar-refractivity contribution is -0.0884. The summed E-state index contributed by atoms with van der Waals surface area (Å²) < 4.78 is 13.8. The Balaban J connectivity index is 2.29. The van der Waals surface area contributed by atoms with Gasteiger partial charge in [0, 0.05) is 12.0 Å². The van der Waals surface area contributed by atoms with Crippen LogP contribution in [-0.4, -0.2) is 17.8 Å². The molecule has 0 radical (unpaired) electrons. The number of hydrogen-bond donors (Lipinski definition) is 2. The van der Waals surface area contributed by atoms with Gasteiger partial charge in [-0.1, -0.05) is 26.3 Å². The first-order chi connectivity index (χ1) is 9.31. The predicted molar refractivity (Wildman–Crippen MR) is 82.9 cm³/mol. The molecule has 1 aliphatic rings. The fraction of sp³-hybridized carbons (Fsp3) is 0.625. The molecule has 1 aromatic carbocycles. The van der Waals surface area contributed by atoms with E-state index in [1.165, 1.54) is 6.07 Å². The maximum Gasteiger partial charge on any atom is 0.137 e. The van der Waals surface area contributed by atoms with Crippen LogP contribution in [-0.2, 0) is 6.42 Å². The summed E-state index contributed by atoms with van der Waals surface area (Å²) in [6, 6.07) is 5.04. The van der Waals surface area contributed by atoms with Gasteiger partial charge in [-0.05, 0) is 58.3 Å². The Morgan fingerprint density at radius 1 is 1.40 bits per heavy atom. The summed E-state index contributed by atoms with van der Waals surface area (Å²) in [5.74, 6) is -0.264. The Hall–Kier alpha value is -0.450. The van der Waals surface area contributed by atoms with Crippen molar-refractivity contribution < 1.29 is 9.50 Å². The van der Waals surface area contributed by atoms with Gasteiger partial charge in [0.05, 0.1) is 10.6 Å². The van der Waals surface area contributed by atoms with E-state index in [4.69, 9.17) is 5.73 Å². The molecule has 0 heterocycles. The molecule has 0 aliphatic heterocycles. The van der Waals surface area contributed by atoms with Crippen molar-refractivity contribution in [2.75, 3.05) is 6.54 Å². The Morgan fingerprint density at radius 2 is 2.10 bits per heavy atom. The molecule has 112 valence electrons. The van der Waals surface area contributed by atoms with E-state index in [0.717, 1.165) is 24.8 Å². The lowest BCUT2D eigenvalue weighted by Crippen LogP contribution is -2.53. The number of benzene rings is 1. The smallest absolute Gasteiger partial charge is 0.137 e. The first-order valence-electron chi connectivity index (χ1n) is 7.13. The average Bonchev–Trinajstić information content (AvgIpc) is 2.39. The number of hydrogen-bond acceptors (Lipinski definition) is 2. The van der Waals surface area contributed by atoms with Crippen LogP contribution in [0.1, 0.15) is 38.7 Å². The average molecular weight is 344 g/mol. The molecular formula is C16H23BrFNO. The van der Waals surface area contributed by atoms with Crippen LogP contribution in [0.4, 0.5) is 4.39 Å². The van der Waals surface area contributed by atoms with Crippen molar-refractivity contribution >= 4 is 15.9 Å². The molecule has 0 bridgehead atoms. The van der Waals surface area contributed by atoms with E-state index in [9.17, 15) is 9.50 Å². The SMILES string of the molecule is CC1(C)CCCC(CN)(Cc2ccc(F)c(Br)c2)C1O. The van der Waals surface area contributed by atoms with Gasteiger partial charge >= 0.3 is 0 Å². The standard InChI is InChI=1S/C16H23BrFNO/c1-15(2)6-3-7-16(10-19,14(15)20)9-11-4-5-13(18)12(17)8-11/h4-5,8,14,20H,3,6-7,9-10,19H2,1-2H3. The normalized spacial score (nSPS) is 29.4. The summed E-state index contributed by atoms with van der Waals surface area (Å²) >= 11 is 3.22. The van der Waals surface area contributed by atoms with Gasteiger partial charge in [0.15, 0.2) is 0 Å². The van der Waals surface area contributed by atoms with Crippen LogP contribution in [0.25, 0.3) is 0 Å². The number of aliphatic hydroxyl groups excluding tert-OH is 1. The van der Waals surface area contributed by atoms with E-state index in [2.05, 4.69) is 29.8 Å². The maximum atomic E-state index is 13.3. The minimum absolute atomic E-state index is 0.116. The van der Waals surface area contributed by atoms with Gasteiger partial charge < -0.3 is 10.8 Å². The number of aliphatic hydroxyl groups is 1. The highest BCUT2D eigenvalue weighted by Crippen LogP contribution is 2.47. The molecule has 1 aliphatic carbocycles. The maximum absolute atomic E-state index is 13.3. The van der Waals surface area contributed by atoms with E-state index in [-0.39, 0.29) is 16.6 Å². The number of halogens is 2. The van der Waals surface area contributed by atoms with E-state index >= 15 is 0 Å². The van der Waals surface area contributed by atoms with Gasteiger partial charge in [-0.25, -0.2) is 4.39 Å². The van der Waals surface area contributed by atoms with E-state index in [1.54, 1.807) is 12.1 Å². The van der Waals surface area contributed by atoms with Crippen molar-refractivity contribution in [1.29, 1.82) is 0 Å². The molecule has 2 rings (SSSR count). The van der Waals surface area contributed by atoms with Gasteiger partial charge in [0.25, 0.3) is 0 Å². The summed E-state index contributed by atoms with van der Waals surface area (Å²) in [4.78, 5) is 0. The van der Waals surface area contributed by atoms with Crippen LogP contribution in [0, 0.1) is 16.6 Å². The minimum atomic E-state index is -0.433. The fourth-order valence-corrected chi connectivity index (χ4v) is 3.95. The largest absolute Gasteiger partial charge is 0.392 e. The first-order valence-corrected chi connectivity index (χ1v) is 7.92. The quantitative estimate of drug-likeness (QED) is 0.879. The van der Waals surface area contributed by atoms with Crippen LogP contribution >= 0.6 is 15.9 Å². The van der Waals surface area contributed by atoms with Gasteiger partial charge in [-0.3, -0.25) is 0 Å². The van der Waals surface area contributed by atoms with Crippen molar-refractivity contribution in [3.05, 3.63) is 34.1 Å². The predicted octanol–water partition coefficient (Wildman–Crippen LogP) is 3.65. The molecule has 2 nitrogen and oxygen atoms in total. The second kappa shape index (κ2) is 5.74. The molecule has 2 unspecified atom stereocenters. The summed E-state index contributed by atoms with van der Waals surface area (Å²) in [5.41, 5.74) is 6.61. The lowest BCUT2D eigenvalue weighted by Gasteiger charge is -2.49. The van der Waals surface area contributed by atoms with Crippen molar-refractivity contribution in [1.82, 2.24) is 0 Å². The zero-order valence-corrected chi connectivity index (χ0v) is 13.7. The fourth-order valence-electron chi connectivity index (χ4n) is 3.53. The molecule has 4 heteroatoms. The molecular weight excluding hydrogens is 321 g/mol. The van der Waals surface area contributed by atoms with Gasteiger partial charge in [-0.15, -0.1) is 0 Å². The minimum Gasteiger partial charge on any atom is -0.392 e. The Labute approximate surface area is 128 Å². The second-order valence-corrected chi connectivity index (χ2v) is 7.59. The first kappa shape index (κ1) is 15.9. The second-order valence-electron chi connectivity index (χ2n) is 6.74. The molecule has 0 aromatic heterocycles. The van der Waals surface area contributed by atoms with Crippen molar-refractivity contribution in [3.8, 4) is 0 Å². The Morgan fingerprint density at radius 3 is 2.70 bits per heavy atom. The third-order valence-corrected chi connectivity index (χ3v) is 5.37. The lowest BCUT2D eigenvalue weighted by atomic mass is 9.59. The van der Waals surface area contributed by atoms with E-state index in [0.29, 0.717) is 17.4 Å². The monoisotopic (exact) mass is 343 g/mol. The zero-order valence-electron chi connectivity index (χ0n) is 12.1. The molecule has 20 heavy (non-hydrogen) atoms. The Kier molecular flexibility index (Phi) is 4.57. The van der Waals surface area contributed by atoms with E-state index < -0.39 is 6.10 Å². The van der Waals surface area contributed by atoms with E-state index in [1.807, 2.05) is 0 Å². The van der Waals surface area contributed by atoms with Crippen LogP contribution in [0.2, 0.25) is 0 Å². The number of rotatable bonds is 3. The third-order valence-electron chi connectivity index (χ3n) is 4.76. The highest BCUT2D eigenvalue weighted by atomic mass is 79.9. The Bertz CT molecular complexity index is 491. The molecule has 1 aromatic rings. The van der Waals surface area contributed by atoms with Crippen LogP contribution in [0.15, 0.2) is 22.7 Å². The van der Waals surface area contributed by atoms with Crippen molar-refractivity contribution in [3.63, 3.8) is 0 Å². The highest BCUT2D eigenvalue weighted by Gasteiger charge is 2.47. The molecule has 3 N–H and O–H groups in total. The molecule has 2 atom stereocenters. The van der Waals surface area contributed by atoms with Gasteiger partial charge in [0.1, 0.15) is 5.82 Å². The molecule has 0 saturated heterocycles. The van der Waals surface area contributed by atoms with Crippen molar-refractivity contribution in [2.45, 2.75) is 45.6 Å². The topological polar surface area (TPSA) is 46.2 Å². The van der Waals surface area contributed by atoms with Gasteiger partial charge in [0.2, 0.25) is 0 Å². The highest BCUT2D eigenvalue weighted by molar-refractivity contribution is 9.10. The molecule has 1 saturated carbocycles. The van der Waals surface area contributed by atoms with Crippen molar-refractivity contribution in [2.24, 2.45) is 16.6 Å². The molecule has 0 amide bonds. The van der Waals surface area contributed by atoms with Crippen LogP contribution in [0.3, 0.4) is 0 Å². The molecule has 1 fully saturated rings. The summed E-state index contributed by atoms with van der Waals surface area (Å²) in [5, 5.41) is 10.8. The zero-order chi connectivity index (χ0) is 15.0. The summed E-state index contributed by atoms with van der Waals surface area (Å²) in [6.45, 7) is 4.65. The van der Waals surface area contributed by atoms with Crippen LogP contribution < -0.4 is 5.73 Å². The number of nitrogens with two attached hydrogens (primary N) is 1. The van der Waals surface area contributed by atoms with Crippen LogP contribution in [0.5, 0.6) is 0 Å². The molecule has 0 spiro atoms. The summed E-state index contributed by atoms with van der Waals surface area (Å²) in [6.07, 6.45) is 3.26. The third kappa shape index (κ3) is 2.92. The van der Waals surface area contributed by atoms with Gasteiger partial charge in [-0.2, -0.15) is 0 Å². The summed E-state index contributed by atoms with van der Waals surface area (Å²) in [7, 11) is 0.